The summed E-state index contributed by atoms with van der Waals surface area (Å²) in [4.78, 5) is 10.7. The van der Waals surface area contributed by atoms with Gasteiger partial charge in [-0.05, 0) is 48.7 Å². The number of alkyl halides is 3. The summed E-state index contributed by atoms with van der Waals surface area (Å²) in [7, 11) is 0. The third-order valence-electron chi connectivity index (χ3n) is 4.53. The van der Waals surface area contributed by atoms with Crippen LogP contribution < -0.4 is 4.74 Å². The predicted molar refractivity (Wildman–Crippen MR) is 103 cm³/mol. The molecule has 5 nitrogen and oxygen atoms in total. The first-order chi connectivity index (χ1) is 14.6. The number of nitrogens with zero attached hydrogens (tertiary/aromatic N) is 1. The number of carbonyl (C=O) groups is 1. The van der Waals surface area contributed by atoms with E-state index in [2.05, 4.69) is 9.68 Å². The van der Waals surface area contributed by atoms with Crippen LogP contribution in [0, 0.1) is 12.7 Å². The molecule has 3 rings (SSSR count). The van der Waals surface area contributed by atoms with Crippen molar-refractivity contribution in [1.29, 1.82) is 0 Å². The van der Waals surface area contributed by atoms with Gasteiger partial charge in [0.15, 0.2) is 11.6 Å². The van der Waals surface area contributed by atoms with E-state index < -0.39 is 30.3 Å². The van der Waals surface area contributed by atoms with Crippen molar-refractivity contribution in [2.75, 3.05) is 0 Å². The fraction of sp³-hybridized carbons (Fsp3) is 0.238. The minimum atomic E-state index is -4.83. The maximum Gasteiger partial charge on any atom is 0.452 e. The summed E-state index contributed by atoms with van der Waals surface area (Å²) in [5.41, 5.74) is 0.857. The second kappa shape index (κ2) is 8.97. The zero-order chi connectivity index (χ0) is 22.8. The summed E-state index contributed by atoms with van der Waals surface area (Å²) < 4.78 is 64.5. The number of ether oxygens (including phenoxy) is 1. The van der Waals surface area contributed by atoms with Gasteiger partial charge in [0.2, 0.25) is 5.76 Å². The first-order valence-corrected chi connectivity index (χ1v) is 9.39. The lowest BCUT2D eigenvalue weighted by atomic mass is 10.0. The Morgan fingerprint density at radius 1 is 1.23 bits per heavy atom. The summed E-state index contributed by atoms with van der Waals surface area (Å²) in [6.07, 6.45) is -4.89. The molecule has 0 aliphatic rings. The second-order valence-corrected chi connectivity index (χ2v) is 7.17. The van der Waals surface area contributed by atoms with E-state index in [1.807, 2.05) is 0 Å². The number of aryl methyl sites for hydroxylation is 2. The standard InChI is InChI=1S/C21H16ClF4NO4/c1-11-8-17(16(23)9-13(11)4-7-18(28)29)30-10-15-19(12-2-5-14(22)6-3-12)27-31-20(15)21(24,25)26/h2-3,5-6,8-9H,4,7,10H2,1H3,(H,28,29). The molecule has 0 saturated carbocycles. The molecule has 0 saturated heterocycles. The Hall–Kier alpha value is -3.07. The van der Waals surface area contributed by atoms with E-state index in [1.165, 1.54) is 30.3 Å². The maximum absolute atomic E-state index is 14.4. The molecule has 0 radical (unpaired) electrons. The van der Waals surface area contributed by atoms with Gasteiger partial charge < -0.3 is 14.4 Å². The number of benzene rings is 2. The van der Waals surface area contributed by atoms with Crippen molar-refractivity contribution >= 4 is 17.6 Å². The zero-order valence-electron chi connectivity index (χ0n) is 16.1. The lowest BCUT2D eigenvalue weighted by Gasteiger charge is -2.12. The molecule has 0 amide bonds. The van der Waals surface area contributed by atoms with Gasteiger partial charge in [0.05, 0.1) is 5.56 Å². The van der Waals surface area contributed by atoms with Crippen molar-refractivity contribution in [2.45, 2.75) is 32.5 Å². The molecule has 1 N–H and O–H groups in total. The van der Waals surface area contributed by atoms with E-state index in [1.54, 1.807) is 6.92 Å². The molecule has 1 aromatic heterocycles. The van der Waals surface area contributed by atoms with Crippen LogP contribution in [0.3, 0.4) is 0 Å². The molecule has 0 fully saturated rings. The van der Waals surface area contributed by atoms with Gasteiger partial charge >= 0.3 is 12.1 Å². The van der Waals surface area contributed by atoms with E-state index in [4.69, 9.17) is 21.4 Å². The first kappa shape index (κ1) is 22.6. The van der Waals surface area contributed by atoms with Crippen LogP contribution >= 0.6 is 11.6 Å². The van der Waals surface area contributed by atoms with Gasteiger partial charge in [-0.3, -0.25) is 4.79 Å². The Morgan fingerprint density at radius 3 is 2.52 bits per heavy atom. The fourth-order valence-corrected chi connectivity index (χ4v) is 3.09. The number of rotatable bonds is 7. The van der Waals surface area contributed by atoms with Crippen LogP contribution in [0.25, 0.3) is 11.3 Å². The van der Waals surface area contributed by atoms with Gasteiger partial charge in [0.1, 0.15) is 12.3 Å². The second-order valence-electron chi connectivity index (χ2n) is 6.74. The first-order valence-electron chi connectivity index (χ1n) is 9.01. The number of carboxylic acid groups (broad SMARTS) is 1. The Balaban J connectivity index is 1.90. The van der Waals surface area contributed by atoms with Crippen molar-refractivity contribution in [1.82, 2.24) is 5.16 Å². The Bertz CT molecular complexity index is 1090. The molecule has 31 heavy (non-hydrogen) atoms. The number of hydrogen-bond donors (Lipinski definition) is 1. The Labute approximate surface area is 179 Å². The molecule has 0 atom stereocenters. The SMILES string of the molecule is Cc1cc(OCc2c(-c3ccc(Cl)cc3)noc2C(F)(F)F)c(F)cc1CCC(=O)O. The maximum atomic E-state index is 14.4. The average molecular weight is 458 g/mol. The molecule has 0 spiro atoms. The van der Waals surface area contributed by atoms with Crippen LogP contribution in [0.15, 0.2) is 40.9 Å². The highest BCUT2D eigenvalue weighted by atomic mass is 35.5. The van der Waals surface area contributed by atoms with Gasteiger partial charge in [0.25, 0.3) is 0 Å². The van der Waals surface area contributed by atoms with Crippen LogP contribution in [0.1, 0.15) is 28.9 Å². The van der Waals surface area contributed by atoms with Crippen molar-refractivity contribution in [3.63, 3.8) is 0 Å². The van der Waals surface area contributed by atoms with Crippen LogP contribution in [0.4, 0.5) is 17.6 Å². The Morgan fingerprint density at radius 2 is 1.90 bits per heavy atom. The van der Waals surface area contributed by atoms with E-state index in [-0.39, 0.29) is 29.8 Å². The highest BCUT2D eigenvalue weighted by Crippen LogP contribution is 2.38. The van der Waals surface area contributed by atoms with E-state index >= 15 is 0 Å². The van der Waals surface area contributed by atoms with Crippen LogP contribution in [-0.4, -0.2) is 16.2 Å². The minimum absolute atomic E-state index is 0.0980. The van der Waals surface area contributed by atoms with Crippen molar-refractivity contribution in [3.05, 3.63) is 69.7 Å². The number of aliphatic carboxylic acids is 1. The third kappa shape index (κ3) is 5.35. The third-order valence-corrected chi connectivity index (χ3v) is 4.79. The summed E-state index contributed by atoms with van der Waals surface area (Å²) in [6, 6.07) is 8.36. The quantitative estimate of drug-likeness (QED) is 0.437. The van der Waals surface area contributed by atoms with Gasteiger partial charge in [-0.2, -0.15) is 13.2 Å². The molecule has 0 aliphatic heterocycles. The molecular weight excluding hydrogens is 442 g/mol. The normalized spacial score (nSPS) is 11.5. The molecule has 3 aromatic rings. The zero-order valence-corrected chi connectivity index (χ0v) is 16.9. The predicted octanol–water partition coefficient (Wildman–Crippen LogP) is 6.06. The van der Waals surface area contributed by atoms with Gasteiger partial charge in [0, 0.05) is 17.0 Å². The van der Waals surface area contributed by atoms with Gasteiger partial charge in [-0.25, -0.2) is 4.39 Å². The summed E-state index contributed by atoms with van der Waals surface area (Å²) >= 11 is 5.82. The van der Waals surface area contributed by atoms with Gasteiger partial charge in [-0.15, -0.1) is 0 Å². The van der Waals surface area contributed by atoms with Crippen molar-refractivity contribution < 1.29 is 36.7 Å². The van der Waals surface area contributed by atoms with Crippen LogP contribution in [0.2, 0.25) is 5.02 Å². The highest BCUT2D eigenvalue weighted by Gasteiger charge is 2.40. The minimum Gasteiger partial charge on any atom is -0.486 e. The average Bonchev–Trinajstić information content (AvgIpc) is 3.12. The smallest absolute Gasteiger partial charge is 0.452 e. The number of carboxylic acids is 1. The monoisotopic (exact) mass is 457 g/mol. The summed E-state index contributed by atoms with van der Waals surface area (Å²) in [6.45, 7) is 0.976. The summed E-state index contributed by atoms with van der Waals surface area (Å²) in [5.74, 6) is -3.45. The Kier molecular flexibility index (Phi) is 6.54. The molecule has 0 bridgehead atoms. The number of aromatic nitrogens is 1. The highest BCUT2D eigenvalue weighted by molar-refractivity contribution is 6.30. The molecule has 0 unspecified atom stereocenters. The van der Waals surface area contributed by atoms with E-state index in [0.717, 1.165) is 6.07 Å². The molecule has 10 heteroatoms. The fourth-order valence-electron chi connectivity index (χ4n) is 2.97. The molecule has 164 valence electrons. The molecule has 0 aliphatic carbocycles. The topological polar surface area (TPSA) is 72.6 Å². The van der Waals surface area contributed by atoms with E-state index in [0.29, 0.717) is 21.7 Å². The van der Waals surface area contributed by atoms with E-state index in [9.17, 15) is 22.4 Å². The van der Waals surface area contributed by atoms with Crippen LogP contribution in [-0.2, 0) is 24.0 Å². The lowest BCUT2D eigenvalue weighted by molar-refractivity contribution is -0.156. The lowest BCUT2D eigenvalue weighted by Crippen LogP contribution is -2.10. The van der Waals surface area contributed by atoms with Crippen LogP contribution in [0.5, 0.6) is 5.75 Å². The molecule has 2 aromatic carbocycles. The van der Waals surface area contributed by atoms with Crippen molar-refractivity contribution in [2.24, 2.45) is 0 Å². The largest absolute Gasteiger partial charge is 0.486 e. The van der Waals surface area contributed by atoms with Gasteiger partial charge in [-0.1, -0.05) is 28.9 Å². The number of halogens is 5. The molecule has 1 heterocycles. The molecular formula is C21H16ClF4NO4. The van der Waals surface area contributed by atoms with Crippen molar-refractivity contribution in [3.8, 4) is 17.0 Å². The summed E-state index contributed by atoms with van der Waals surface area (Å²) in [5, 5.41) is 12.7. The number of hydrogen-bond acceptors (Lipinski definition) is 4.